The summed E-state index contributed by atoms with van der Waals surface area (Å²) in [7, 11) is 0. The maximum Gasteiger partial charge on any atom is 0.306 e. The molecule has 0 heterocycles. The monoisotopic (exact) mass is 436 g/mol. The predicted octanol–water partition coefficient (Wildman–Crippen LogP) is 1.78. The van der Waals surface area contributed by atoms with Crippen LogP contribution in [0.15, 0.2) is 18.2 Å². The standard InChI is InChI=1S/C20H28N4O5S/c1-4-11-29-19(28)10-9-17(26)22-20(30)24-23-18(27)8-7-16(25)21-15-6-5-13(2)12-14(15)3/h5-6,12H,4,7-11H2,1-3H3,(H,21,25)(H,23,27)(H2,22,24,26,30). The Morgan fingerprint density at radius 1 is 0.933 bits per heavy atom. The van der Waals surface area contributed by atoms with Crippen LogP contribution in [0.3, 0.4) is 0 Å². The molecule has 1 rings (SSSR count). The molecule has 9 nitrogen and oxygen atoms in total. The molecule has 0 unspecified atom stereocenters. The molecule has 164 valence electrons. The van der Waals surface area contributed by atoms with Crippen molar-refractivity contribution in [3.63, 3.8) is 0 Å². The van der Waals surface area contributed by atoms with E-state index >= 15 is 0 Å². The number of carbonyl (C=O) groups is 4. The number of rotatable bonds is 9. The summed E-state index contributed by atoms with van der Waals surface area (Å²) in [6, 6.07) is 5.66. The van der Waals surface area contributed by atoms with Crippen molar-refractivity contribution in [2.75, 3.05) is 11.9 Å². The number of ether oxygens (including phenoxy) is 1. The van der Waals surface area contributed by atoms with Gasteiger partial charge in [0.15, 0.2) is 5.11 Å². The van der Waals surface area contributed by atoms with Gasteiger partial charge >= 0.3 is 5.97 Å². The van der Waals surface area contributed by atoms with Gasteiger partial charge in [-0.05, 0) is 44.1 Å². The summed E-state index contributed by atoms with van der Waals surface area (Å²) in [5.41, 5.74) is 7.41. The Labute approximate surface area is 181 Å². The van der Waals surface area contributed by atoms with E-state index in [1.54, 1.807) is 0 Å². The smallest absolute Gasteiger partial charge is 0.306 e. The molecule has 0 fully saturated rings. The van der Waals surface area contributed by atoms with Gasteiger partial charge in [0.2, 0.25) is 17.7 Å². The maximum atomic E-state index is 12.0. The van der Waals surface area contributed by atoms with Crippen LogP contribution < -0.4 is 21.5 Å². The molecule has 10 heteroatoms. The molecule has 3 amide bonds. The number of esters is 1. The number of hydrogen-bond donors (Lipinski definition) is 4. The lowest BCUT2D eigenvalue weighted by Crippen LogP contribution is -2.48. The van der Waals surface area contributed by atoms with Crippen molar-refractivity contribution in [2.24, 2.45) is 0 Å². The summed E-state index contributed by atoms with van der Waals surface area (Å²) in [4.78, 5) is 46.9. The van der Waals surface area contributed by atoms with Crippen molar-refractivity contribution >= 4 is 46.7 Å². The summed E-state index contributed by atoms with van der Waals surface area (Å²) in [6.45, 7) is 6.04. The molecule has 30 heavy (non-hydrogen) atoms. The van der Waals surface area contributed by atoms with Crippen molar-refractivity contribution in [3.05, 3.63) is 29.3 Å². The highest BCUT2D eigenvalue weighted by molar-refractivity contribution is 7.80. The van der Waals surface area contributed by atoms with Crippen LogP contribution in [0.25, 0.3) is 0 Å². The van der Waals surface area contributed by atoms with Gasteiger partial charge in [0.25, 0.3) is 0 Å². The molecule has 1 aromatic carbocycles. The number of hydrogen-bond acceptors (Lipinski definition) is 6. The Kier molecular flexibility index (Phi) is 11.1. The van der Waals surface area contributed by atoms with E-state index in [-0.39, 0.29) is 36.7 Å². The fourth-order valence-corrected chi connectivity index (χ4v) is 2.47. The summed E-state index contributed by atoms with van der Waals surface area (Å²) >= 11 is 4.89. The maximum absolute atomic E-state index is 12.0. The van der Waals surface area contributed by atoms with Crippen molar-refractivity contribution in [2.45, 2.75) is 52.9 Å². The third-order valence-corrected chi connectivity index (χ3v) is 4.03. The van der Waals surface area contributed by atoms with Crippen LogP contribution in [-0.2, 0) is 23.9 Å². The Bertz CT molecular complexity index is 797. The van der Waals surface area contributed by atoms with Crippen LogP contribution in [0.1, 0.15) is 50.2 Å². The molecule has 0 radical (unpaired) electrons. The first kappa shape index (κ1) is 25.0. The number of amides is 3. The topological polar surface area (TPSA) is 126 Å². The van der Waals surface area contributed by atoms with Crippen LogP contribution in [0.4, 0.5) is 5.69 Å². The lowest BCUT2D eigenvalue weighted by molar-refractivity contribution is -0.144. The zero-order valence-electron chi connectivity index (χ0n) is 17.4. The average molecular weight is 437 g/mol. The summed E-state index contributed by atoms with van der Waals surface area (Å²) in [5.74, 6) is -1.70. The molecule has 1 aromatic rings. The van der Waals surface area contributed by atoms with Crippen molar-refractivity contribution in [1.29, 1.82) is 0 Å². The lowest BCUT2D eigenvalue weighted by atomic mass is 10.1. The fourth-order valence-electron chi connectivity index (χ4n) is 2.31. The largest absolute Gasteiger partial charge is 0.466 e. The summed E-state index contributed by atoms with van der Waals surface area (Å²) in [5, 5.41) is 4.98. The number of carbonyl (C=O) groups excluding carboxylic acids is 4. The van der Waals surface area contributed by atoms with E-state index in [4.69, 9.17) is 17.0 Å². The first-order valence-corrected chi connectivity index (χ1v) is 10.0. The first-order chi connectivity index (χ1) is 14.2. The van der Waals surface area contributed by atoms with E-state index in [1.807, 2.05) is 39.0 Å². The number of thiocarbonyl (C=S) groups is 1. The Morgan fingerprint density at radius 3 is 2.27 bits per heavy atom. The highest BCUT2D eigenvalue weighted by atomic mass is 32.1. The van der Waals surface area contributed by atoms with Crippen LogP contribution in [0.5, 0.6) is 0 Å². The molecule has 0 saturated carbocycles. The van der Waals surface area contributed by atoms with Gasteiger partial charge in [-0.1, -0.05) is 24.6 Å². The summed E-state index contributed by atoms with van der Waals surface area (Å²) < 4.78 is 4.86. The Morgan fingerprint density at radius 2 is 1.60 bits per heavy atom. The minimum absolute atomic E-state index is 0.0141. The highest BCUT2D eigenvalue weighted by Gasteiger charge is 2.11. The van der Waals surface area contributed by atoms with Crippen LogP contribution in [0, 0.1) is 13.8 Å². The van der Waals surface area contributed by atoms with E-state index in [0.717, 1.165) is 11.1 Å². The molecule has 0 aliphatic heterocycles. The van der Waals surface area contributed by atoms with Crippen molar-refractivity contribution < 1.29 is 23.9 Å². The van der Waals surface area contributed by atoms with E-state index in [9.17, 15) is 19.2 Å². The van der Waals surface area contributed by atoms with Crippen LogP contribution in [0.2, 0.25) is 0 Å². The number of aryl methyl sites for hydroxylation is 2. The molecular weight excluding hydrogens is 408 g/mol. The normalized spacial score (nSPS) is 9.97. The van der Waals surface area contributed by atoms with Gasteiger partial charge < -0.3 is 15.4 Å². The lowest BCUT2D eigenvalue weighted by Gasteiger charge is -2.11. The predicted molar refractivity (Wildman–Crippen MR) is 116 cm³/mol. The first-order valence-electron chi connectivity index (χ1n) is 9.62. The van der Waals surface area contributed by atoms with Gasteiger partial charge in [0.05, 0.1) is 13.0 Å². The molecule has 0 atom stereocenters. The second-order valence-electron chi connectivity index (χ2n) is 6.64. The van der Waals surface area contributed by atoms with E-state index in [2.05, 4.69) is 21.5 Å². The zero-order chi connectivity index (χ0) is 22.5. The second kappa shape index (κ2) is 13.3. The zero-order valence-corrected chi connectivity index (χ0v) is 18.2. The van der Waals surface area contributed by atoms with Gasteiger partial charge in [-0.3, -0.25) is 30.0 Å². The third kappa shape index (κ3) is 10.5. The molecular formula is C20H28N4O5S. The van der Waals surface area contributed by atoms with Gasteiger partial charge in [-0.15, -0.1) is 0 Å². The molecule has 0 spiro atoms. The molecule has 4 N–H and O–H groups in total. The molecule has 0 aromatic heterocycles. The van der Waals surface area contributed by atoms with Crippen molar-refractivity contribution in [1.82, 2.24) is 16.2 Å². The van der Waals surface area contributed by atoms with Gasteiger partial charge in [-0.2, -0.15) is 0 Å². The van der Waals surface area contributed by atoms with E-state index < -0.39 is 17.8 Å². The number of anilines is 1. The quantitative estimate of drug-likeness (QED) is 0.264. The van der Waals surface area contributed by atoms with Gasteiger partial charge in [-0.25, -0.2) is 0 Å². The van der Waals surface area contributed by atoms with Gasteiger partial charge in [0, 0.05) is 24.9 Å². The van der Waals surface area contributed by atoms with Crippen LogP contribution >= 0.6 is 12.2 Å². The Balaban J connectivity index is 2.23. The van der Waals surface area contributed by atoms with E-state index in [0.29, 0.717) is 18.7 Å². The fraction of sp³-hybridized carbons (Fsp3) is 0.450. The van der Waals surface area contributed by atoms with Gasteiger partial charge in [0.1, 0.15) is 0 Å². The van der Waals surface area contributed by atoms with Crippen LogP contribution in [-0.4, -0.2) is 35.4 Å². The second-order valence-corrected chi connectivity index (χ2v) is 7.05. The minimum atomic E-state index is -0.483. The number of nitrogens with one attached hydrogen (secondary N) is 4. The van der Waals surface area contributed by atoms with E-state index in [1.165, 1.54) is 0 Å². The number of benzene rings is 1. The third-order valence-electron chi connectivity index (χ3n) is 3.83. The number of hydrazine groups is 1. The molecule has 0 bridgehead atoms. The summed E-state index contributed by atoms with van der Waals surface area (Å²) in [6.07, 6.45) is 0.482. The SMILES string of the molecule is CCCOC(=O)CCC(=O)NC(=S)NNC(=O)CCC(=O)Nc1ccc(C)cc1C. The molecule has 0 aliphatic carbocycles. The highest BCUT2D eigenvalue weighted by Crippen LogP contribution is 2.16. The molecule has 0 saturated heterocycles. The van der Waals surface area contributed by atoms with Crippen molar-refractivity contribution in [3.8, 4) is 0 Å². The minimum Gasteiger partial charge on any atom is -0.466 e. The Hall–Kier alpha value is -3.01. The molecule has 0 aliphatic rings. The average Bonchev–Trinajstić information content (AvgIpc) is 2.69.